The number of rotatable bonds is 10. The number of aliphatic hydroxyl groups is 1. The fourth-order valence-corrected chi connectivity index (χ4v) is 6.72. The molecule has 2 fully saturated rings. The number of carbonyl (C=O) groups excluding carboxylic acids is 1. The van der Waals surface area contributed by atoms with Crippen molar-refractivity contribution in [1.82, 2.24) is 14.9 Å². The Morgan fingerprint density at radius 1 is 0.978 bits per heavy atom. The minimum atomic E-state index is -1.24. The van der Waals surface area contributed by atoms with Crippen LogP contribution >= 0.6 is 0 Å². The molecule has 6 rings (SSSR count). The van der Waals surface area contributed by atoms with Gasteiger partial charge in [-0.3, -0.25) is 19.1 Å². The Morgan fingerprint density at radius 3 is 2.15 bits per heavy atom. The van der Waals surface area contributed by atoms with E-state index in [0.29, 0.717) is 30.1 Å². The zero-order valence-corrected chi connectivity index (χ0v) is 25.9. The number of aromatic amines is 1. The fraction of sp³-hybridized carbons (Fsp3) is 0.343. The van der Waals surface area contributed by atoms with Crippen molar-refractivity contribution in [3.05, 3.63) is 128 Å². The van der Waals surface area contributed by atoms with Crippen LogP contribution in [0, 0.1) is 6.92 Å². The highest BCUT2D eigenvalue weighted by Gasteiger charge is 2.61. The molecule has 1 saturated heterocycles. The van der Waals surface area contributed by atoms with Crippen LogP contribution in [0.3, 0.4) is 0 Å². The van der Waals surface area contributed by atoms with Crippen LogP contribution in [0.4, 0.5) is 0 Å². The van der Waals surface area contributed by atoms with E-state index in [9.17, 15) is 19.5 Å². The first-order valence-corrected chi connectivity index (χ1v) is 15.1. The van der Waals surface area contributed by atoms with Gasteiger partial charge >= 0.3 is 5.69 Å². The summed E-state index contributed by atoms with van der Waals surface area (Å²) in [6.07, 6.45) is -0.464. The van der Waals surface area contributed by atoms with E-state index in [4.69, 9.17) is 18.9 Å². The molecule has 46 heavy (non-hydrogen) atoms. The minimum absolute atomic E-state index is 0.275. The van der Waals surface area contributed by atoms with E-state index in [1.54, 1.807) is 21.1 Å². The third kappa shape index (κ3) is 5.51. The van der Waals surface area contributed by atoms with Gasteiger partial charge in [0.2, 0.25) is 5.91 Å². The number of nitrogens with zero attached hydrogens (tertiary/aromatic N) is 1. The van der Waals surface area contributed by atoms with Crippen molar-refractivity contribution in [1.29, 1.82) is 0 Å². The van der Waals surface area contributed by atoms with E-state index >= 15 is 0 Å². The van der Waals surface area contributed by atoms with Crippen LogP contribution < -0.4 is 26.0 Å². The van der Waals surface area contributed by atoms with Crippen molar-refractivity contribution in [2.75, 3.05) is 20.8 Å². The predicted octanol–water partition coefficient (Wildman–Crippen LogP) is 2.65. The van der Waals surface area contributed by atoms with E-state index in [0.717, 1.165) is 21.3 Å². The molecule has 4 aromatic rings. The van der Waals surface area contributed by atoms with Crippen LogP contribution in [-0.2, 0) is 26.4 Å². The average Bonchev–Trinajstić information content (AvgIpc) is 3.19. The number of methoxy groups -OCH3 is 2. The molecule has 3 aromatic carbocycles. The third-order valence-corrected chi connectivity index (χ3v) is 9.12. The number of hydrogen-bond donors (Lipinski definition) is 3. The molecule has 1 amide bonds. The van der Waals surface area contributed by atoms with E-state index in [1.807, 2.05) is 78.9 Å². The standard InChI is InChI=1S/C35H37N3O8/c1-22-20-38(33(42)36-32(22)41)21-30(39)37-34-17-18-45-28(31(34)40)19-29(34)46-35(23-7-5-4-6-8-23,24-9-13-26(43-2)14-10-24)25-11-15-27(44-3)16-12-25/h4-16,20,28-29,31,40H,17-19,21H2,1-3H3,(H,37,39)(H,36,41,42)/t28-,29+,31+,34+/m0/s1. The largest absolute Gasteiger partial charge is 0.497 e. The summed E-state index contributed by atoms with van der Waals surface area (Å²) in [6.45, 7) is 1.49. The number of benzene rings is 3. The number of carbonyl (C=O) groups is 1. The van der Waals surface area contributed by atoms with Gasteiger partial charge < -0.3 is 29.4 Å². The molecular weight excluding hydrogens is 590 g/mol. The topological polar surface area (TPSA) is 141 Å². The molecule has 2 aliphatic rings. The van der Waals surface area contributed by atoms with Gasteiger partial charge in [-0.1, -0.05) is 54.6 Å². The number of aromatic nitrogens is 2. The summed E-state index contributed by atoms with van der Waals surface area (Å²) in [4.78, 5) is 40.2. The van der Waals surface area contributed by atoms with Gasteiger partial charge in [0.1, 0.15) is 29.7 Å². The molecule has 1 aromatic heterocycles. The number of ether oxygens (including phenoxy) is 4. The van der Waals surface area contributed by atoms with Gasteiger partial charge in [-0.15, -0.1) is 0 Å². The van der Waals surface area contributed by atoms with E-state index in [-0.39, 0.29) is 13.0 Å². The third-order valence-electron chi connectivity index (χ3n) is 9.12. The summed E-state index contributed by atoms with van der Waals surface area (Å²) in [6, 6.07) is 25.0. The van der Waals surface area contributed by atoms with Crippen molar-refractivity contribution in [3.8, 4) is 11.5 Å². The Hall–Kier alpha value is -4.71. The Balaban J connectivity index is 1.46. The molecule has 1 aliphatic heterocycles. The lowest BCUT2D eigenvalue weighted by Crippen LogP contribution is -2.65. The Kier molecular flexibility index (Phi) is 8.56. The molecule has 0 spiro atoms. The zero-order chi connectivity index (χ0) is 32.5. The number of amides is 1. The van der Waals surface area contributed by atoms with Gasteiger partial charge in [0.25, 0.3) is 5.56 Å². The maximum absolute atomic E-state index is 13.6. The number of fused-ring (bicyclic) bond motifs is 2. The number of aryl methyl sites for hydroxylation is 1. The summed E-state index contributed by atoms with van der Waals surface area (Å²) in [7, 11) is 3.21. The average molecular weight is 628 g/mol. The normalized spacial score (nSPS) is 22.3. The number of aliphatic hydroxyl groups excluding tert-OH is 1. The fourth-order valence-electron chi connectivity index (χ4n) is 6.72. The second kappa shape index (κ2) is 12.6. The molecule has 11 heteroatoms. The first kappa shape index (κ1) is 31.3. The van der Waals surface area contributed by atoms with Gasteiger partial charge in [-0.25, -0.2) is 4.79 Å². The van der Waals surface area contributed by atoms with Gasteiger partial charge in [0.05, 0.1) is 32.0 Å². The lowest BCUT2D eigenvalue weighted by Gasteiger charge is -2.45. The highest BCUT2D eigenvalue weighted by atomic mass is 16.5. The van der Waals surface area contributed by atoms with Crippen molar-refractivity contribution >= 4 is 5.91 Å². The van der Waals surface area contributed by atoms with Gasteiger partial charge in [-0.05, 0) is 54.3 Å². The molecule has 2 bridgehead atoms. The monoisotopic (exact) mass is 627 g/mol. The quantitative estimate of drug-likeness (QED) is 0.228. The lowest BCUT2D eigenvalue weighted by atomic mass is 9.78. The predicted molar refractivity (Wildman–Crippen MR) is 169 cm³/mol. The lowest BCUT2D eigenvalue weighted by molar-refractivity contribution is -0.143. The number of H-pyrrole nitrogens is 1. The minimum Gasteiger partial charge on any atom is -0.497 e. The van der Waals surface area contributed by atoms with Gasteiger partial charge in [0, 0.05) is 24.8 Å². The zero-order valence-electron chi connectivity index (χ0n) is 25.9. The van der Waals surface area contributed by atoms with Crippen molar-refractivity contribution in [2.45, 2.75) is 55.8 Å². The molecule has 0 unspecified atom stereocenters. The summed E-state index contributed by atoms with van der Waals surface area (Å²) >= 11 is 0. The Morgan fingerprint density at radius 2 is 1.57 bits per heavy atom. The molecule has 11 nitrogen and oxygen atoms in total. The Bertz CT molecular complexity index is 1760. The van der Waals surface area contributed by atoms with E-state index in [2.05, 4.69) is 10.3 Å². The SMILES string of the molecule is COc1ccc(C(O[C@@H]2C[C@@H]3OCC[C@]2(NC(=O)Cn2cc(C)c(=O)[nH]c2=O)[C@@H]3O)(c2ccccc2)c2ccc(OC)cc2)cc1. The van der Waals surface area contributed by atoms with E-state index in [1.165, 1.54) is 6.20 Å². The van der Waals surface area contributed by atoms with Crippen LogP contribution in [0.15, 0.2) is 94.6 Å². The highest BCUT2D eigenvalue weighted by Crippen LogP contribution is 2.49. The summed E-state index contributed by atoms with van der Waals surface area (Å²) in [5.41, 5.74) is -0.913. The van der Waals surface area contributed by atoms with Crippen molar-refractivity contribution in [2.24, 2.45) is 0 Å². The maximum atomic E-state index is 13.6. The molecule has 0 radical (unpaired) electrons. The molecule has 1 aliphatic carbocycles. The first-order valence-electron chi connectivity index (χ1n) is 15.1. The molecular formula is C35H37N3O8. The molecule has 1 saturated carbocycles. The van der Waals surface area contributed by atoms with Crippen molar-refractivity contribution in [3.63, 3.8) is 0 Å². The van der Waals surface area contributed by atoms with Crippen LogP contribution in [0.1, 0.15) is 35.1 Å². The first-order chi connectivity index (χ1) is 22.2. The molecule has 240 valence electrons. The van der Waals surface area contributed by atoms with Crippen LogP contribution in [0.25, 0.3) is 0 Å². The molecule has 4 atom stereocenters. The Labute approximate surface area is 265 Å². The van der Waals surface area contributed by atoms with Gasteiger partial charge in [0.15, 0.2) is 0 Å². The van der Waals surface area contributed by atoms with Crippen LogP contribution in [0.2, 0.25) is 0 Å². The summed E-state index contributed by atoms with van der Waals surface area (Å²) in [5.74, 6) is 0.845. The van der Waals surface area contributed by atoms with Crippen LogP contribution in [0.5, 0.6) is 11.5 Å². The van der Waals surface area contributed by atoms with E-state index < -0.39 is 46.6 Å². The smallest absolute Gasteiger partial charge is 0.328 e. The molecule has 2 heterocycles. The second-order valence-electron chi connectivity index (χ2n) is 11.7. The van der Waals surface area contributed by atoms with Crippen molar-refractivity contribution < 1.29 is 28.8 Å². The molecule has 3 N–H and O–H groups in total. The highest BCUT2D eigenvalue weighted by molar-refractivity contribution is 5.77. The number of nitrogens with one attached hydrogen (secondary N) is 2. The van der Waals surface area contributed by atoms with Gasteiger partial charge in [-0.2, -0.15) is 0 Å². The summed E-state index contributed by atoms with van der Waals surface area (Å²) in [5, 5.41) is 14.7. The summed E-state index contributed by atoms with van der Waals surface area (Å²) < 4.78 is 25.4. The maximum Gasteiger partial charge on any atom is 0.328 e. The number of hydrogen-bond acceptors (Lipinski definition) is 8. The second-order valence-corrected chi connectivity index (χ2v) is 11.7. The van der Waals surface area contributed by atoms with Crippen LogP contribution in [-0.4, -0.2) is 65.2 Å².